The molecule has 2 heterocycles. The van der Waals surface area contributed by atoms with E-state index >= 15 is 0 Å². The third kappa shape index (κ3) is 7.01. The van der Waals surface area contributed by atoms with Gasteiger partial charge in [-0.05, 0) is 51.4 Å². The van der Waals surface area contributed by atoms with Gasteiger partial charge in [-0.15, -0.1) is 24.0 Å². The number of piperidine rings is 1. The number of rotatable bonds is 8. The second-order valence-electron chi connectivity index (χ2n) is 6.13. The van der Waals surface area contributed by atoms with Crippen LogP contribution in [0, 0.1) is 0 Å². The molecule has 1 saturated heterocycles. The number of nitrogens with one attached hydrogen (secondary N) is 2. The number of hydrogen-bond donors (Lipinski definition) is 2. The monoisotopic (exact) mass is 448 g/mol. The summed E-state index contributed by atoms with van der Waals surface area (Å²) in [6, 6.07) is 4.29. The molecule has 0 amide bonds. The van der Waals surface area contributed by atoms with Gasteiger partial charge in [0.15, 0.2) is 5.96 Å². The minimum atomic E-state index is 0. The maximum Gasteiger partial charge on any atom is 0.191 e. The first kappa shape index (κ1) is 21.3. The zero-order chi connectivity index (χ0) is 16.3. The van der Waals surface area contributed by atoms with Crippen molar-refractivity contribution in [1.29, 1.82) is 0 Å². The SMILES string of the molecule is CCCCNC(=NCC(c1ccco1)N1CCCCC1)NCC.I. The normalized spacial score (nSPS) is 17.2. The number of likely N-dealkylation sites (tertiary alicyclic amines) is 1. The molecule has 1 atom stereocenters. The van der Waals surface area contributed by atoms with E-state index in [0.29, 0.717) is 0 Å². The first-order valence-corrected chi connectivity index (χ1v) is 9.14. The van der Waals surface area contributed by atoms with Crippen LogP contribution in [0.3, 0.4) is 0 Å². The van der Waals surface area contributed by atoms with Crippen LogP contribution in [0.5, 0.6) is 0 Å². The van der Waals surface area contributed by atoms with Gasteiger partial charge in [-0.2, -0.15) is 0 Å². The van der Waals surface area contributed by atoms with Crippen molar-refractivity contribution < 1.29 is 4.42 Å². The molecule has 2 rings (SSSR count). The third-order valence-corrected chi connectivity index (χ3v) is 4.29. The van der Waals surface area contributed by atoms with Crippen molar-refractivity contribution in [1.82, 2.24) is 15.5 Å². The summed E-state index contributed by atoms with van der Waals surface area (Å²) >= 11 is 0. The van der Waals surface area contributed by atoms with Crippen LogP contribution in [0.2, 0.25) is 0 Å². The molecule has 1 aromatic heterocycles. The number of halogens is 1. The predicted octanol–water partition coefficient (Wildman–Crippen LogP) is 3.78. The Bertz CT molecular complexity index is 444. The molecule has 0 aliphatic carbocycles. The first-order valence-electron chi connectivity index (χ1n) is 9.14. The number of furan rings is 1. The van der Waals surface area contributed by atoms with E-state index in [1.807, 2.05) is 6.07 Å². The van der Waals surface area contributed by atoms with Crippen molar-refractivity contribution in [2.45, 2.75) is 52.0 Å². The fourth-order valence-corrected chi connectivity index (χ4v) is 3.00. The van der Waals surface area contributed by atoms with Crippen LogP contribution in [0.1, 0.15) is 57.8 Å². The molecule has 24 heavy (non-hydrogen) atoms. The van der Waals surface area contributed by atoms with E-state index in [1.54, 1.807) is 6.26 Å². The van der Waals surface area contributed by atoms with E-state index in [2.05, 4.69) is 35.4 Å². The summed E-state index contributed by atoms with van der Waals surface area (Å²) in [6.45, 7) is 9.17. The summed E-state index contributed by atoms with van der Waals surface area (Å²) in [5, 5.41) is 6.75. The lowest BCUT2D eigenvalue weighted by molar-refractivity contribution is 0.150. The molecule has 1 aliphatic rings. The van der Waals surface area contributed by atoms with E-state index in [4.69, 9.17) is 9.41 Å². The Kier molecular flexibility index (Phi) is 11.2. The lowest BCUT2D eigenvalue weighted by Gasteiger charge is -2.32. The van der Waals surface area contributed by atoms with Crippen LogP contribution in [0.15, 0.2) is 27.8 Å². The molecule has 1 aromatic rings. The Labute approximate surface area is 163 Å². The van der Waals surface area contributed by atoms with Crippen LogP contribution < -0.4 is 10.6 Å². The van der Waals surface area contributed by atoms with E-state index in [-0.39, 0.29) is 30.0 Å². The van der Waals surface area contributed by atoms with Crippen molar-refractivity contribution in [3.63, 3.8) is 0 Å². The van der Waals surface area contributed by atoms with Gasteiger partial charge in [0.25, 0.3) is 0 Å². The maximum atomic E-state index is 5.69. The van der Waals surface area contributed by atoms with E-state index in [1.165, 1.54) is 25.7 Å². The zero-order valence-electron chi connectivity index (χ0n) is 15.1. The minimum Gasteiger partial charge on any atom is -0.468 e. The fourth-order valence-electron chi connectivity index (χ4n) is 3.00. The average Bonchev–Trinajstić information content (AvgIpc) is 3.10. The lowest BCUT2D eigenvalue weighted by Crippen LogP contribution is -2.39. The van der Waals surface area contributed by atoms with Crippen molar-refractivity contribution in [3.8, 4) is 0 Å². The number of aliphatic imine (C=N–C) groups is 1. The highest BCUT2D eigenvalue weighted by Crippen LogP contribution is 2.25. The molecular formula is C18H33IN4O. The molecule has 6 heteroatoms. The lowest BCUT2D eigenvalue weighted by atomic mass is 10.1. The van der Waals surface area contributed by atoms with Crippen molar-refractivity contribution in [2.24, 2.45) is 4.99 Å². The summed E-state index contributed by atoms with van der Waals surface area (Å²) < 4.78 is 5.69. The highest BCUT2D eigenvalue weighted by molar-refractivity contribution is 14.0. The van der Waals surface area contributed by atoms with Crippen molar-refractivity contribution >= 4 is 29.9 Å². The zero-order valence-corrected chi connectivity index (χ0v) is 17.4. The quantitative estimate of drug-likeness (QED) is 0.275. The molecular weight excluding hydrogens is 415 g/mol. The van der Waals surface area contributed by atoms with Crippen LogP contribution in [0.25, 0.3) is 0 Å². The second kappa shape index (κ2) is 12.6. The summed E-state index contributed by atoms with van der Waals surface area (Å²) in [6.07, 6.45) is 8.01. The Morgan fingerprint density at radius 2 is 2.04 bits per heavy atom. The van der Waals surface area contributed by atoms with Gasteiger partial charge in [-0.1, -0.05) is 19.8 Å². The van der Waals surface area contributed by atoms with Gasteiger partial charge in [0.1, 0.15) is 5.76 Å². The number of guanidine groups is 1. The van der Waals surface area contributed by atoms with Crippen LogP contribution in [-0.2, 0) is 0 Å². The average molecular weight is 448 g/mol. The minimum absolute atomic E-state index is 0. The van der Waals surface area contributed by atoms with Crippen LogP contribution in [-0.4, -0.2) is 43.6 Å². The Morgan fingerprint density at radius 3 is 2.67 bits per heavy atom. The Balaban J connectivity index is 0.00000288. The summed E-state index contributed by atoms with van der Waals surface area (Å²) in [7, 11) is 0. The van der Waals surface area contributed by atoms with Gasteiger partial charge < -0.3 is 15.1 Å². The van der Waals surface area contributed by atoms with Crippen molar-refractivity contribution in [2.75, 3.05) is 32.7 Å². The summed E-state index contributed by atoms with van der Waals surface area (Å²) in [5.41, 5.74) is 0. The van der Waals surface area contributed by atoms with Gasteiger partial charge in [0.05, 0.1) is 18.8 Å². The maximum absolute atomic E-state index is 5.69. The molecule has 0 spiro atoms. The Hall–Kier alpha value is -0.760. The standard InChI is InChI=1S/C18H32N4O.HI/c1-3-5-11-20-18(19-4-2)21-15-16(17-10-9-14-23-17)22-12-7-6-8-13-22;/h9-10,14,16H,3-8,11-13,15H2,1-2H3,(H2,19,20,21);1H. The van der Waals surface area contributed by atoms with Gasteiger partial charge in [0.2, 0.25) is 0 Å². The van der Waals surface area contributed by atoms with E-state index in [9.17, 15) is 0 Å². The van der Waals surface area contributed by atoms with Gasteiger partial charge >= 0.3 is 0 Å². The molecule has 1 fully saturated rings. The number of nitrogens with zero attached hydrogens (tertiary/aromatic N) is 2. The van der Waals surface area contributed by atoms with Gasteiger partial charge in [-0.25, -0.2) is 0 Å². The Morgan fingerprint density at radius 1 is 1.25 bits per heavy atom. The molecule has 0 aromatic carbocycles. The first-order chi connectivity index (χ1) is 11.3. The van der Waals surface area contributed by atoms with E-state index < -0.39 is 0 Å². The molecule has 0 saturated carbocycles. The predicted molar refractivity (Wildman–Crippen MR) is 111 cm³/mol. The molecule has 2 N–H and O–H groups in total. The number of unbranched alkanes of at least 4 members (excludes halogenated alkanes) is 1. The van der Waals surface area contributed by atoms with Crippen LogP contribution in [0.4, 0.5) is 0 Å². The number of hydrogen-bond acceptors (Lipinski definition) is 3. The molecule has 0 radical (unpaired) electrons. The van der Waals surface area contributed by atoms with Crippen molar-refractivity contribution in [3.05, 3.63) is 24.2 Å². The van der Waals surface area contributed by atoms with Crippen LogP contribution >= 0.6 is 24.0 Å². The molecule has 0 bridgehead atoms. The largest absolute Gasteiger partial charge is 0.468 e. The second-order valence-corrected chi connectivity index (χ2v) is 6.13. The molecule has 138 valence electrons. The summed E-state index contributed by atoms with van der Waals surface area (Å²) in [4.78, 5) is 7.32. The van der Waals surface area contributed by atoms with E-state index in [0.717, 1.165) is 50.9 Å². The smallest absolute Gasteiger partial charge is 0.191 e. The fraction of sp³-hybridized carbons (Fsp3) is 0.722. The third-order valence-electron chi connectivity index (χ3n) is 4.29. The van der Waals surface area contributed by atoms with Gasteiger partial charge in [-0.3, -0.25) is 9.89 Å². The topological polar surface area (TPSA) is 52.8 Å². The highest BCUT2D eigenvalue weighted by atomic mass is 127. The summed E-state index contributed by atoms with van der Waals surface area (Å²) in [5.74, 6) is 1.94. The molecule has 1 aliphatic heterocycles. The molecule has 1 unspecified atom stereocenters. The van der Waals surface area contributed by atoms with Gasteiger partial charge in [0, 0.05) is 13.1 Å². The highest BCUT2D eigenvalue weighted by Gasteiger charge is 2.24. The molecule has 5 nitrogen and oxygen atoms in total.